The van der Waals surface area contributed by atoms with Crippen LogP contribution < -0.4 is 0 Å². The molecule has 0 aliphatic carbocycles. The summed E-state index contributed by atoms with van der Waals surface area (Å²) in [4.78, 5) is 2.17. The quantitative estimate of drug-likeness (QED) is 0.653. The largest absolute Gasteiger partial charge is 0.379 e. The summed E-state index contributed by atoms with van der Waals surface area (Å²) < 4.78 is 10.6. The van der Waals surface area contributed by atoms with E-state index in [1.54, 1.807) is 6.92 Å². The first-order chi connectivity index (χ1) is 6.02. The average molecular weight is 189 g/mol. The van der Waals surface area contributed by atoms with Gasteiger partial charge in [-0.25, -0.2) is 0 Å². The Bertz CT molecular complexity index is 153. The van der Waals surface area contributed by atoms with Crippen LogP contribution in [0.25, 0.3) is 0 Å². The Balaban J connectivity index is 2.45. The van der Waals surface area contributed by atoms with Crippen LogP contribution in [-0.4, -0.2) is 48.3 Å². The smallest absolute Gasteiger partial charge is 0.154 e. The fourth-order valence-corrected chi connectivity index (χ4v) is 1.59. The molecule has 0 radical (unpaired) electrons. The lowest BCUT2D eigenvalue weighted by atomic mass is 10.2. The van der Waals surface area contributed by atoms with E-state index in [9.17, 15) is 0 Å². The Labute approximate surface area is 79.4 Å². The van der Waals surface area contributed by atoms with Crippen molar-refractivity contribution in [3.63, 3.8) is 0 Å². The van der Waals surface area contributed by atoms with Crippen molar-refractivity contribution in [3.05, 3.63) is 0 Å². The van der Waals surface area contributed by atoms with E-state index in [0.717, 1.165) is 26.3 Å². The molecule has 0 bridgehead atoms. The van der Waals surface area contributed by atoms with Crippen molar-refractivity contribution in [2.75, 3.05) is 26.3 Å². The van der Waals surface area contributed by atoms with Crippen molar-refractivity contribution in [2.45, 2.75) is 32.8 Å². The number of aliphatic hydroxyl groups is 1. The monoisotopic (exact) mass is 189 g/mol. The fourth-order valence-electron chi connectivity index (χ4n) is 1.59. The Morgan fingerprint density at radius 2 is 1.92 bits per heavy atom. The summed E-state index contributed by atoms with van der Waals surface area (Å²) in [5.41, 5.74) is -0.405. The highest BCUT2D eigenvalue weighted by Crippen LogP contribution is 2.18. The van der Waals surface area contributed by atoms with Crippen molar-refractivity contribution >= 4 is 0 Å². The summed E-state index contributed by atoms with van der Waals surface area (Å²) in [6, 6.07) is 0. The Morgan fingerprint density at radius 3 is 2.38 bits per heavy atom. The van der Waals surface area contributed by atoms with Gasteiger partial charge in [-0.1, -0.05) is 0 Å². The molecule has 0 aromatic heterocycles. The van der Waals surface area contributed by atoms with Crippen molar-refractivity contribution in [2.24, 2.45) is 0 Å². The standard InChI is InChI=1S/C9H19NO3/c1-8(11)13-9(2,3)10-4-6-12-7-5-10/h8,11H,4-7H2,1-3H3. The first kappa shape index (κ1) is 10.9. The molecule has 0 saturated carbocycles. The molecule has 1 rings (SSSR count). The highest BCUT2D eigenvalue weighted by Gasteiger charge is 2.30. The molecule has 1 saturated heterocycles. The molecule has 1 atom stereocenters. The summed E-state index contributed by atoms with van der Waals surface area (Å²) in [6.45, 7) is 8.76. The van der Waals surface area contributed by atoms with Gasteiger partial charge in [0, 0.05) is 13.1 Å². The maximum absolute atomic E-state index is 9.14. The third-order valence-corrected chi connectivity index (χ3v) is 2.23. The number of nitrogens with zero attached hydrogens (tertiary/aromatic N) is 1. The lowest BCUT2D eigenvalue weighted by Gasteiger charge is -2.40. The van der Waals surface area contributed by atoms with Crippen LogP contribution >= 0.6 is 0 Å². The summed E-state index contributed by atoms with van der Waals surface area (Å²) in [5, 5.41) is 9.14. The van der Waals surface area contributed by atoms with Gasteiger partial charge in [0.05, 0.1) is 13.2 Å². The maximum atomic E-state index is 9.14. The molecule has 4 heteroatoms. The number of aliphatic hydroxyl groups excluding tert-OH is 1. The zero-order valence-corrected chi connectivity index (χ0v) is 8.62. The summed E-state index contributed by atoms with van der Waals surface area (Å²) >= 11 is 0. The Morgan fingerprint density at radius 1 is 1.38 bits per heavy atom. The summed E-state index contributed by atoms with van der Waals surface area (Å²) in [5.74, 6) is 0. The van der Waals surface area contributed by atoms with Crippen LogP contribution in [0.4, 0.5) is 0 Å². The minimum absolute atomic E-state index is 0.405. The number of hydrogen-bond donors (Lipinski definition) is 1. The van der Waals surface area contributed by atoms with Crippen LogP contribution in [0.5, 0.6) is 0 Å². The second-order valence-corrected chi connectivity index (χ2v) is 3.76. The van der Waals surface area contributed by atoms with E-state index in [0.29, 0.717) is 0 Å². The number of hydrogen-bond acceptors (Lipinski definition) is 4. The number of morpholine rings is 1. The molecule has 78 valence electrons. The average Bonchev–Trinajstić information content (AvgIpc) is 2.04. The first-order valence-corrected chi connectivity index (χ1v) is 4.71. The molecule has 1 N–H and O–H groups in total. The van der Waals surface area contributed by atoms with Crippen LogP contribution in [0.15, 0.2) is 0 Å². The molecule has 4 nitrogen and oxygen atoms in total. The zero-order chi connectivity index (χ0) is 9.90. The van der Waals surface area contributed by atoms with Gasteiger partial charge in [-0.05, 0) is 20.8 Å². The molecule has 0 aromatic carbocycles. The normalized spacial score (nSPS) is 23.1. The molecule has 0 spiro atoms. The maximum Gasteiger partial charge on any atom is 0.154 e. The molecule has 0 aromatic rings. The molecule has 1 heterocycles. The zero-order valence-electron chi connectivity index (χ0n) is 8.62. The van der Waals surface area contributed by atoms with Gasteiger partial charge >= 0.3 is 0 Å². The van der Waals surface area contributed by atoms with E-state index < -0.39 is 12.0 Å². The Kier molecular flexibility index (Phi) is 3.67. The van der Waals surface area contributed by atoms with Crippen molar-refractivity contribution in [1.82, 2.24) is 4.90 Å². The van der Waals surface area contributed by atoms with Gasteiger partial charge < -0.3 is 14.6 Å². The van der Waals surface area contributed by atoms with Gasteiger partial charge in [-0.2, -0.15) is 0 Å². The van der Waals surface area contributed by atoms with Gasteiger partial charge in [0.25, 0.3) is 0 Å². The van der Waals surface area contributed by atoms with Gasteiger partial charge in [-0.15, -0.1) is 0 Å². The van der Waals surface area contributed by atoms with Crippen LogP contribution in [-0.2, 0) is 9.47 Å². The molecule has 13 heavy (non-hydrogen) atoms. The van der Waals surface area contributed by atoms with Gasteiger partial charge in [0.1, 0.15) is 5.72 Å². The SMILES string of the molecule is CC(O)OC(C)(C)N1CCOCC1. The third-order valence-electron chi connectivity index (χ3n) is 2.23. The Hall–Kier alpha value is -0.160. The van der Waals surface area contributed by atoms with E-state index >= 15 is 0 Å². The van der Waals surface area contributed by atoms with Crippen LogP contribution in [0, 0.1) is 0 Å². The topological polar surface area (TPSA) is 41.9 Å². The third kappa shape index (κ3) is 3.23. The molecule has 0 amide bonds. The van der Waals surface area contributed by atoms with Crippen LogP contribution in [0.3, 0.4) is 0 Å². The lowest BCUT2D eigenvalue weighted by molar-refractivity contribution is -0.232. The molecule has 1 unspecified atom stereocenters. The van der Waals surface area contributed by atoms with Crippen molar-refractivity contribution in [3.8, 4) is 0 Å². The lowest BCUT2D eigenvalue weighted by Crippen LogP contribution is -2.52. The molecule has 1 fully saturated rings. The van der Waals surface area contributed by atoms with E-state index in [1.807, 2.05) is 13.8 Å². The van der Waals surface area contributed by atoms with Crippen LogP contribution in [0.2, 0.25) is 0 Å². The van der Waals surface area contributed by atoms with E-state index in [4.69, 9.17) is 14.6 Å². The second-order valence-electron chi connectivity index (χ2n) is 3.76. The van der Waals surface area contributed by atoms with Crippen LogP contribution in [0.1, 0.15) is 20.8 Å². The highest BCUT2D eigenvalue weighted by molar-refractivity contribution is 4.74. The van der Waals surface area contributed by atoms with E-state index in [2.05, 4.69) is 4.90 Å². The summed E-state index contributed by atoms with van der Waals surface area (Å²) in [6.07, 6.45) is -0.724. The minimum Gasteiger partial charge on any atom is -0.379 e. The van der Waals surface area contributed by atoms with Gasteiger partial charge in [0.2, 0.25) is 0 Å². The highest BCUT2D eigenvalue weighted by atomic mass is 16.6. The molecule has 1 aliphatic rings. The first-order valence-electron chi connectivity index (χ1n) is 4.71. The number of rotatable bonds is 3. The van der Waals surface area contributed by atoms with Gasteiger partial charge in [-0.3, -0.25) is 4.90 Å². The number of ether oxygens (including phenoxy) is 2. The van der Waals surface area contributed by atoms with Crippen molar-refractivity contribution in [1.29, 1.82) is 0 Å². The molecular formula is C9H19NO3. The summed E-state index contributed by atoms with van der Waals surface area (Å²) in [7, 11) is 0. The molecule has 1 aliphatic heterocycles. The minimum atomic E-state index is -0.724. The molecular weight excluding hydrogens is 170 g/mol. The van der Waals surface area contributed by atoms with Gasteiger partial charge in [0.15, 0.2) is 6.29 Å². The predicted molar refractivity (Wildman–Crippen MR) is 49.2 cm³/mol. The van der Waals surface area contributed by atoms with E-state index in [1.165, 1.54) is 0 Å². The van der Waals surface area contributed by atoms with Crippen molar-refractivity contribution < 1.29 is 14.6 Å². The predicted octanol–water partition coefficient (Wildman–Crippen LogP) is 0.410. The second kappa shape index (κ2) is 4.37. The van der Waals surface area contributed by atoms with E-state index in [-0.39, 0.29) is 0 Å². The fraction of sp³-hybridized carbons (Fsp3) is 1.00.